The summed E-state index contributed by atoms with van der Waals surface area (Å²) in [7, 11) is -1.14. The van der Waals surface area contributed by atoms with Crippen LogP contribution in [0, 0.1) is 0 Å². The van der Waals surface area contributed by atoms with E-state index in [1.165, 1.54) is 5.56 Å². The van der Waals surface area contributed by atoms with E-state index in [0.29, 0.717) is 6.42 Å². The van der Waals surface area contributed by atoms with Crippen molar-refractivity contribution in [1.29, 1.82) is 0 Å². The summed E-state index contributed by atoms with van der Waals surface area (Å²) in [6, 6.07) is 8.24. The summed E-state index contributed by atoms with van der Waals surface area (Å²) in [5, 5.41) is 3.36. The Balaban J connectivity index is 2.66. The highest BCUT2D eigenvalue weighted by Gasteiger charge is 2.14. The second-order valence-electron chi connectivity index (χ2n) is 6.67. The zero-order valence-electron chi connectivity index (χ0n) is 13.1. The number of rotatable bonds is 6. The molecule has 0 aromatic heterocycles. The molecule has 4 heteroatoms. The highest BCUT2D eigenvalue weighted by Crippen LogP contribution is 2.19. The molecular weight excluding hydrogens is 282 g/mol. The van der Waals surface area contributed by atoms with Crippen LogP contribution in [0.2, 0.25) is 19.6 Å². The Morgan fingerprint density at radius 1 is 1.25 bits per heavy atom. The molecule has 0 bridgehead atoms. The minimum absolute atomic E-state index is 0.230. The summed E-state index contributed by atoms with van der Waals surface area (Å²) in [6.45, 7) is 10.7. The van der Waals surface area contributed by atoms with Gasteiger partial charge in [0.2, 0.25) is 0 Å². The van der Waals surface area contributed by atoms with Crippen LogP contribution in [-0.2, 0) is 4.79 Å². The summed E-state index contributed by atoms with van der Waals surface area (Å²) in [4.78, 5) is 12.0. The molecule has 0 amide bonds. The number of hydrogen-bond donors (Lipinski definition) is 1. The minimum Gasteiger partial charge on any atom is -0.379 e. The standard InChI is InChI=1S/C16H25NOSSi/c1-12(10-13(2)18)14-6-8-15(9-7-14)16(19)17-11-20(3,4)5/h6-9,12H,10-11H2,1-5H3,(H,17,19). The van der Waals surface area contributed by atoms with Crippen LogP contribution in [0.15, 0.2) is 24.3 Å². The smallest absolute Gasteiger partial charge is 0.130 e. The second kappa shape index (κ2) is 7.13. The van der Waals surface area contributed by atoms with Gasteiger partial charge < -0.3 is 10.1 Å². The first-order valence-corrected chi connectivity index (χ1v) is 11.2. The maximum Gasteiger partial charge on any atom is 0.130 e. The zero-order chi connectivity index (χ0) is 15.3. The van der Waals surface area contributed by atoms with Crippen LogP contribution in [0.5, 0.6) is 0 Å². The minimum atomic E-state index is -1.14. The molecule has 1 aromatic rings. The van der Waals surface area contributed by atoms with Crippen LogP contribution in [0.3, 0.4) is 0 Å². The first-order chi connectivity index (χ1) is 9.19. The second-order valence-corrected chi connectivity index (χ2v) is 12.6. The van der Waals surface area contributed by atoms with Gasteiger partial charge in [0.15, 0.2) is 0 Å². The van der Waals surface area contributed by atoms with Gasteiger partial charge in [-0.1, -0.05) is 63.0 Å². The van der Waals surface area contributed by atoms with Gasteiger partial charge in [-0.25, -0.2) is 0 Å². The van der Waals surface area contributed by atoms with E-state index < -0.39 is 8.07 Å². The van der Waals surface area contributed by atoms with Gasteiger partial charge in [-0.05, 0) is 18.4 Å². The molecule has 1 atom stereocenters. The average molecular weight is 308 g/mol. The topological polar surface area (TPSA) is 29.1 Å². The molecule has 1 unspecified atom stereocenters. The Morgan fingerprint density at radius 3 is 2.25 bits per heavy atom. The van der Waals surface area contributed by atoms with Crippen molar-refractivity contribution in [2.75, 3.05) is 6.17 Å². The SMILES string of the molecule is CC(=O)CC(C)c1ccc(C(=S)NC[Si](C)(C)C)cc1. The molecule has 0 aliphatic rings. The van der Waals surface area contributed by atoms with E-state index in [1.54, 1.807) is 6.92 Å². The Kier molecular flexibility index (Phi) is 6.08. The fraction of sp³-hybridized carbons (Fsp3) is 0.500. The lowest BCUT2D eigenvalue weighted by molar-refractivity contribution is -0.117. The normalized spacial score (nSPS) is 12.8. The molecule has 0 radical (unpaired) electrons. The van der Waals surface area contributed by atoms with E-state index in [0.717, 1.165) is 16.7 Å². The molecule has 1 aromatic carbocycles. The number of ketones is 1. The monoisotopic (exact) mass is 307 g/mol. The maximum atomic E-state index is 11.2. The maximum absolute atomic E-state index is 11.2. The number of thiocarbonyl (C=S) groups is 1. The van der Waals surface area contributed by atoms with Crippen LogP contribution < -0.4 is 5.32 Å². The van der Waals surface area contributed by atoms with Gasteiger partial charge in [-0.15, -0.1) is 0 Å². The molecule has 1 N–H and O–H groups in total. The van der Waals surface area contributed by atoms with Gasteiger partial charge in [0.1, 0.15) is 10.8 Å². The van der Waals surface area contributed by atoms with E-state index in [1.807, 2.05) is 12.1 Å². The van der Waals surface area contributed by atoms with Crippen LogP contribution in [0.1, 0.15) is 37.3 Å². The molecule has 0 fully saturated rings. The van der Waals surface area contributed by atoms with E-state index in [4.69, 9.17) is 12.2 Å². The Hall–Kier alpha value is -1.00. The van der Waals surface area contributed by atoms with Gasteiger partial charge >= 0.3 is 0 Å². The lowest BCUT2D eigenvalue weighted by Gasteiger charge is -2.18. The van der Waals surface area contributed by atoms with Crippen molar-refractivity contribution >= 4 is 31.1 Å². The molecule has 0 saturated carbocycles. The summed E-state index contributed by atoms with van der Waals surface area (Å²) in [5.74, 6) is 0.499. The number of Topliss-reactive ketones (excluding diaryl/α,β-unsaturated/α-hetero) is 1. The number of nitrogens with one attached hydrogen (secondary N) is 1. The predicted molar refractivity (Wildman–Crippen MR) is 93.2 cm³/mol. The van der Waals surface area contributed by atoms with Crippen LogP contribution in [0.4, 0.5) is 0 Å². The van der Waals surface area contributed by atoms with Crippen molar-refractivity contribution in [3.05, 3.63) is 35.4 Å². The Labute approximate surface area is 129 Å². The van der Waals surface area contributed by atoms with Crippen LogP contribution in [-0.4, -0.2) is 25.0 Å². The van der Waals surface area contributed by atoms with Crippen molar-refractivity contribution in [3.63, 3.8) is 0 Å². The third-order valence-corrected chi connectivity index (χ3v) is 4.73. The highest BCUT2D eigenvalue weighted by atomic mass is 32.1. The fourth-order valence-electron chi connectivity index (χ4n) is 1.96. The molecule has 0 saturated heterocycles. The molecule has 0 heterocycles. The van der Waals surface area contributed by atoms with Gasteiger partial charge in [-0.2, -0.15) is 0 Å². The lowest BCUT2D eigenvalue weighted by Crippen LogP contribution is -2.39. The van der Waals surface area contributed by atoms with Crippen molar-refractivity contribution < 1.29 is 4.79 Å². The Morgan fingerprint density at radius 2 is 1.80 bits per heavy atom. The van der Waals surface area contributed by atoms with Crippen LogP contribution >= 0.6 is 12.2 Å². The largest absolute Gasteiger partial charge is 0.379 e. The third kappa shape index (κ3) is 5.97. The molecule has 110 valence electrons. The summed E-state index contributed by atoms with van der Waals surface area (Å²) < 4.78 is 0. The molecule has 2 nitrogen and oxygen atoms in total. The average Bonchev–Trinajstić information content (AvgIpc) is 2.34. The summed E-state index contributed by atoms with van der Waals surface area (Å²) in [6.07, 6.45) is 1.59. The molecule has 0 aliphatic heterocycles. The predicted octanol–water partition coefficient (Wildman–Crippen LogP) is 3.91. The number of benzene rings is 1. The van der Waals surface area contributed by atoms with Gasteiger partial charge in [0.05, 0.1) is 8.07 Å². The van der Waals surface area contributed by atoms with Crippen molar-refractivity contribution in [2.24, 2.45) is 0 Å². The van der Waals surface area contributed by atoms with Gasteiger partial charge in [0.25, 0.3) is 0 Å². The number of hydrogen-bond acceptors (Lipinski definition) is 2. The first-order valence-electron chi connectivity index (χ1n) is 7.06. The van der Waals surface area contributed by atoms with Crippen molar-refractivity contribution in [2.45, 2.75) is 45.8 Å². The summed E-state index contributed by atoms with van der Waals surface area (Å²) in [5.41, 5.74) is 2.24. The quantitative estimate of drug-likeness (QED) is 0.638. The van der Waals surface area contributed by atoms with Crippen molar-refractivity contribution in [3.8, 4) is 0 Å². The van der Waals surface area contributed by atoms with Crippen molar-refractivity contribution in [1.82, 2.24) is 5.32 Å². The zero-order valence-corrected chi connectivity index (χ0v) is 14.9. The number of carbonyl (C=O) groups excluding carboxylic acids is 1. The first kappa shape index (κ1) is 17.0. The van der Waals surface area contributed by atoms with E-state index in [2.05, 4.69) is 44.0 Å². The number of carbonyl (C=O) groups is 1. The third-order valence-electron chi connectivity index (χ3n) is 3.11. The van der Waals surface area contributed by atoms with E-state index >= 15 is 0 Å². The van der Waals surface area contributed by atoms with E-state index in [-0.39, 0.29) is 11.7 Å². The van der Waals surface area contributed by atoms with Crippen LogP contribution in [0.25, 0.3) is 0 Å². The molecule has 0 aliphatic carbocycles. The molecular formula is C16H25NOSSi. The fourth-order valence-corrected chi connectivity index (χ4v) is 3.00. The lowest BCUT2D eigenvalue weighted by atomic mass is 9.95. The Bertz CT molecular complexity index is 476. The molecule has 0 spiro atoms. The molecule has 1 rings (SSSR count). The highest BCUT2D eigenvalue weighted by molar-refractivity contribution is 7.80. The molecule has 20 heavy (non-hydrogen) atoms. The summed E-state index contributed by atoms with van der Waals surface area (Å²) >= 11 is 5.42. The van der Waals surface area contributed by atoms with E-state index in [9.17, 15) is 4.79 Å². The van der Waals surface area contributed by atoms with Gasteiger partial charge in [-0.3, -0.25) is 0 Å². The van der Waals surface area contributed by atoms with Gasteiger partial charge in [0, 0.05) is 18.2 Å².